The van der Waals surface area contributed by atoms with Gasteiger partial charge in [-0.15, -0.1) is 0 Å². The zero-order chi connectivity index (χ0) is 11.8. The Kier molecular flexibility index (Phi) is 2.48. The lowest BCUT2D eigenvalue weighted by Crippen LogP contribution is -2.35. The minimum absolute atomic E-state index is 0.407. The minimum atomic E-state index is -0.748. The number of carboxylic acids is 1. The van der Waals surface area contributed by atoms with Crippen LogP contribution in [0, 0.1) is 0 Å². The topological polar surface area (TPSA) is 53.4 Å². The van der Waals surface area contributed by atoms with Gasteiger partial charge in [0.1, 0.15) is 6.04 Å². The van der Waals surface area contributed by atoms with Gasteiger partial charge in [0.05, 0.1) is 10.2 Å². The normalized spacial score (nSPS) is 20.0. The Morgan fingerprint density at radius 3 is 3.06 bits per heavy atom. The Balaban J connectivity index is 2.00. The molecule has 1 fully saturated rings. The highest BCUT2D eigenvalue weighted by atomic mass is 32.1. The number of hydrogen-bond donors (Lipinski definition) is 1. The molecule has 4 nitrogen and oxygen atoms in total. The van der Waals surface area contributed by atoms with Crippen molar-refractivity contribution in [1.82, 2.24) is 4.98 Å². The lowest BCUT2D eigenvalue weighted by molar-refractivity contribution is -0.138. The second-order valence-corrected chi connectivity index (χ2v) is 5.16. The van der Waals surface area contributed by atoms with Crippen molar-refractivity contribution < 1.29 is 9.90 Å². The summed E-state index contributed by atoms with van der Waals surface area (Å²) in [7, 11) is 0. The van der Waals surface area contributed by atoms with Gasteiger partial charge in [-0.3, -0.25) is 0 Å². The first-order valence-electron chi connectivity index (χ1n) is 5.61. The highest BCUT2D eigenvalue weighted by molar-refractivity contribution is 7.22. The molecule has 0 aliphatic carbocycles. The van der Waals surface area contributed by atoms with Gasteiger partial charge in [0, 0.05) is 6.54 Å². The molecule has 0 saturated carbocycles. The predicted octanol–water partition coefficient (Wildman–Crippen LogP) is 2.35. The van der Waals surface area contributed by atoms with Crippen LogP contribution in [0.5, 0.6) is 0 Å². The first-order valence-corrected chi connectivity index (χ1v) is 6.42. The summed E-state index contributed by atoms with van der Waals surface area (Å²) in [4.78, 5) is 17.6. The van der Waals surface area contributed by atoms with Gasteiger partial charge in [-0.05, 0) is 25.0 Å². The van der Waals surface area contributed by atoms with Crippen molar-refractivity contribution in [1.29, 1.82) is 0 Å². The van der Waals surface area contributed by atoms with Gasteiger partial charge in [0.25, 0.3) is 0 Å². The van der Waals surface area contributed by atoms with Gasteiger partial charge in [-0.1, -0.05) is 23.5 Å². The lowest BCUT2D eigenvalue weighted by atomic mass is 10.2. The predicted molar refractivity (Wildman–Crippen MR) is 67.6 cm³/mol. The molecule has 5 heteroatoms. The van der Waals surface area contributed by atoms with Crippen LogP contribution in [0.1, 0.15) is 12.8 Å². The van der Waals surface area contributed by atoms with Crippen molar-refractivity contribution in [2.24, 2.45) is 0 Å². The Labute approximate surface area is 103 Å². The number of aliphatic carboxylic acids is 1. The fourth-order valence-electron chi connectivity index (χ4n) is 2.24. The quantitative estimate of drug-likeness (QED) is 0.886. The van der Waals surface area contributed by atoms with Gasteiger partial charge in [0.15, 0.2) is 5.13 Å². The number of nitrogens with zero attached hydrogens (tertiary/aromatic N) is 2. The molecule has 1 aromatic heterocycles. The van der Waals surface area contributed by atoms with Gasteiger partial charge >= 0.3 is 5.97 Å². The monoisotopic (exact) mass is 248 g/mol. The van der Waals surface area contributed by atoms with Crippen molar-refractivity contribution in [3.8, 4) is 0 Å². The molecule has 1 aromatic carbocycles. The van der Waals surface area contributed by atoms with Crippen LogP contribution in [0.15, 0.2) is 24.3 Å². The second-order valence-electron chi connectivity index (χ2n) is 4.15. The van der Waals surface area contributed by atoms with Crippen LogP contribution < -0.4 is 4.90 Å². The van der Waals surface area contributed by atoms with E-state index in [0.29, 0.717) is 6.42 Å². The fourth-order valence-corrected chi connectivity index (χ4v) is 3.28. The number of fused-ring (bicyclic) bond motifs is 1. The molecule has 2 heterocycles. The molecular weight excluding hydrogens is 236 g/mol. The van der Waals surface area contributed by atoms with E-state index in [0.717, 1.165) is 28.3 Å². The molecule has 0 bridgehead atoms. The molecule has 1 saturated heterocycles. The molecule has 3 rings (SSSR count). The van der Waals surface area contributed by atoms with Crippen LogP contribution in [-0.2, 0) is 4.79 Å². The number of aromatic nitrogens is 1. The molecule has 0 spiro atoms. The van der Waals surface area contributed by atoms with E-state index in [4.69, 9.17) is 5.11 Å². The Hall–Kier alpha value is -1.62. The highest BCUT2D eigenvalue weighted by Gasteiger charge is 2.32. The van der Waals surface area contributed by atoms with Gasteiger partial charge in [-0.2, -0.15) is 0 Å². The number of anilines is 1. The van der Waals surface area contributed by atoms with Crippen molar-refractivity contribution >= 4 is 32.7 Å². The summed E-state index contributed by atoms with van der Waals surface area (Å²) < 4.78 is 1.11. The molecule has 0 radical (unpaired) electrons. The SMILES string of the molecule is O=C(O)[C@H]1CCCN1c1nc2ccccc2s1. The van der Waals surface area contributed by atoms with Crippen LogP contribution in [0.25, 0.3) is 10.2 Å². The molecule has 88 valence electrons. The summed E-state index contributed by atoms with van der Waals surface area (Å²) in [6.07, 6.45) is 1.64. The zero-order valence-electron chi connectivity index (χ0n) is 9.17. The molecule has 1 aliphatic rings. The molecule has 1 aliphatic heterocycles. The summed E-state index contributed by atoms with van der Waals surface area (Å²) in [5.74, 6) is -0.748. The molecule has 1 N–H and O–H groups in total. The van der Waals surface area contributed by atoms with E-state index in [9.17, 15) is 4.79 Å². The van der Waals surface area contributed by atoms with Crippen molar-refractivity contribution in [2.75, 3.05) is 11.4 Å². The Morgan fingerprint density at radius 2 is 2.29 bits per heavy atom. The fraction of sp³-hybridized carbons (Fsp3) is 0.333. The zero-order valence-corrected chi connectivity index (χ0v) is 9.98. The van der Waals surface area contributed by atoms with E-state index < -0.39 is 12.0 Å². The maximum Gasteiger partial charge on any atom is 0.326 e. The molecule has 1 atom stereocenters. The molecule has 0 unspecified atom stereocenters. The summed E-state index contributed by atoms with van der Waals surface area (Å²) in [5.41, 5.74) is 0.948. The number of thiazole rings is 1. The van der Waals surface area contributed by atoms with Crippen molar-refractivity contribution in [3.05, 3.63) is 24.3 Å². The van der Waals surface area contributed by atoms with Gasteiger partial charge in [-0.25, -0.2) is 9.78 Å². The van der Waals surface area contributed by atoms with Crippen molar-refractivity contribution in [3.63, 3.8) is 0 Å². The number of para-hydroxylation sites is 1. The van der Waals surface area contributed by atoms with E-state index in [-0.39, 0.29) is 0 Å². The third kappa shape index (κ3) is 1.76. The third-order valence-corrected chi connectivity index (χ3v) is 4.14. The molecule has 0 amide bonds. The van der Waals surface area contributed by atoms with Crippen LogP contribution in [0.2, 0.25) is 0 Å². The number of rotatable bonds is 2. The first-order chi connectivity index (χ1) is 8.25. The van der Waals surface area contributed by atoms with E-state index in [1.165, 1.54) is 0 Å². The van der Waals surface area contributed by atoms with Crippen molar-refractivity contribution in [2.45, 2.75) is 18.9 Å². The Bertz CT molecular complexity index is 533. The first kappa shape index (κ1) is 10.5. The summed E-state index contributed by atoms with van der Waals surface area (Å²) in [5, 5.41) is 9.98. The molecular formula is C12H12N2O2S. The largest absolute Gasteiger partial charge is 0.480 e. The number of hydrogen-bond acceptors (Lipinski definition) is 4. The van der Waals surface area contributed by atoms with Gasteiger partial charge in [0.2, 0.25) is 0 Å². The lowest BCUT2D eigenvalue weighted by Gasteiger charge is -2.19. The number of carbonyl (C=O) groups is 1. The smallest absolute Gasteiger partial charge is 0.326 e. The van der Waals surface area contributed by atoms with E-state index in [1.54, 1.807) is 11.3 Å². The maximum absolute atomic E-state index is 11.1. The van der Waals surface area contributed by atoms with Crippen LogP contribution in [0.4, 0.5) is 5.13 Å². The van der Waals surface area contributed by atoms with E-state index in [1.807, 2.05) is 29.2 Å². The Morgan fingerprint density at radius 1 is 1.47 bits per heavy atom. The minimum Gasteiger partial charge on any atom is -0.480 e. The third-order valence-electron chi connectivity index (χ3n) is 3.07. The summed E-state index contributed by atoms with van der Waals surface area (Å²) in [6, 6.07) is 7.49. The number of benzene rings is 1. The molecule has 2 aromatic rings. The second kappa shape index (κ2) is 4.00. The average molecular weight is 248 g/mol. The summed E-state index contributed by atoms with van der Waals surface area (Å²) >= 11 is 1.57. The maximum atomic E-state index is 11.1. The highest BCUT2D eigenvalue weighted by Crippen LogP contribution is 2.33. The van der Waals surface area contributed by atoms with Crippen LogP contribution >= 0.6 is 11.3 Å². The number of carboxylic acid groups (broad SMARTS) is 1. The van der Waals surface area contributed by atoms with Gasteiger partial charge < -0.3 is 10.0 Å². The van der Waals surface area contributed by atoms with E-state index >= 15 is 0 Å². The summed E-state index contributed by atoms with van der Waals surface area (Å²) in [6.45, 7) is 0.788. The van der Waals surface area contributed by atoms with E-state index in [2.05, 4.69) is 4.98 Å². The molecule has 17 heavy (non-hydrogen) atoms. The van der Waals surface area contributed by atoms with Crippen LogP contribution in [-0.4, -0.2) is 28.6 Å². The van der Waals surface area contributed by atoms with Crippen LogP contribution in [0.3, 0.4) is 0 Å². The average Bonchev–Trinajstić information content (AvgIpc) is 2.95. The standard InChI is InChI=1S/C12H12N2O2S/c15-11(16)9-5-3-7-14(9)12-13-8-4-1-2-6-10(8)17-12/h1-2,4,6,9H,3,5,7H2,(H,15,16)/t9-/m1/s1.